The first kappa shape index (κ1) is 15.5. The van der Waals surface area contributed by atoms with Gasteiger partial charge in [-0.05, 0) is 37.3 Å². The molecule has 1 fully saturated rings. The molecule has 0 aliphatic heterocycles. The number of nitrogens with zero attached hydrogens (tertiary/aromatic N) is 1. The van der Waals surface area contributed by atoms with Gasteiger partial charge < -0.3 is 14.9 Å². The van der Waals surface area contributed by atoms with E-state index < -0.39 is 0 Å². The molecule has 0 radical (unpaired) electrons. The van der Waals surface area contributed by atoms with Gasteiger partial charge in [-0.3, -0.25) is 4.79 Å². The molecule has 0 spiro atoms. The van der Waals surface area contributed by atoms with Gasteiger partial charge in [-0.15, -0.1) is 11.3 Å². The zero-order chi connectivity index (χ0) is 15.5. The molecule has 2 atom stereocenters. The van der Waals surface area contributed by atoms with Gasteiger partial charge in [0, 0.05) is 12.6 Å². The Morgan fingerprint density at radius 1 is 1.50 bits per heavy atom. The van der Waals surface area contributed by atoms with Crippen molar-refractivity contribution in [3.63, 3.8) is 0 Å². The summed E-state index contributed by atoms with van der Waals surface area (Å²) in [7, 11) is 0. The number of hydrogen-bond donors (Lipinski definition) is 2. The van der Waals surface area contributed by atoms with E-state index in [0.717, 1.165) is 30.6 Å². The molecule has 2 N–H and O–H groups in total. The molecule has 1 aliphatic rings. The first-order valence-corrected chi connectivity index (χ1v) is 8.50. The Bertz CT molecular complexity index is 655. The lowest BCUT2D eigenvalue weighted by Gasteiger charge is -2.25. The second kappa shape index (κ2) is 6.81. The van der Waals surface area contributed by atoms with Crippen molar-refractivity contribution in [2.24, 2.45) is 5.92 Å². The maximum Gasteiger partial charge on any atom is 0.273 e. The molecule has 118 valence electrons. The van der Waals surface area contributed by atoms with Crippen molar-refractivity contribution in [1.82, 2.24) is 10.5 Å². The van der Waals surface area contributed by atoms with E-state index in [1.165, 1.54) is 11.3 Å². The molecule has 0 saturated heterocycles. The maximum absolute atomic E-state index is 12.1. The number of hydrogen-bond acceptors (Lipinski definition) is 5. The molecule has 1 aliphatic carbocycles. The Morgan fingerprint density at radius 2 is 2.36 bits per heavy atom. The van der Waals surface area contributed by atoms with Crippen LogP contribution in [0.4, 0.5) is 0 Å². The lowest BCUT2D eigenvalue weighted by atomic mass is 9.87. The summed E-state index contributed by atoms with van der Waals surface area (Å²) in [6.07, 6.45) is 3.42. The molecule has 5 nitrogen and oxygen atoms in total. The third-order valence-electron chi connectivity index (χ3n) is 3.87. The number of nitrogens with one attached hydrogen (secondary N) is 1. The van der Waals surface area contributed by atoms with Gasteiger partial charge >= 0.3 is 0 Å². The van der Waals surface area contributed by atoms with Crippen molar-refractivity contribution in [1.29, 1.82) is 0 Å². The minimum absolute atomic E-state index is 0.238. The Morgan fingerprint density at radius 3 is 3.09 bits per heavy atom. The van der Waals surface area contributed by atoms with Crippen LogP contribution in [-0.4, -0.2) is 28.8 Å². The fourth-order valence-electron chi connectivity index (χ4n) is 2.72. The fourth-order valence-corrected chi connectivity index (χ4v) is 3.71. The van der Waals surface area contributed by atoms with E-state index in [1.807, 2.05) is 6.07 Å². The minimum Gasteiger partial charge on any atom is -0.393 e. The van der Waals surface area contributed by atoms with Gasteiger partial charge in [-0.1, -0.05) is 23.2 Å². The van der Waals surface area contributed by atoms with Gasteiger partial charge in [0.25, 0.3) is 5.91 Å². The van der Waals surface area contributed by atoms with Crippen LogP contribution in [0.5, 0.6) is 0 Å². The van der Waals surface area contributed by atoms with Gasteiger partial charge in [-0.2, -0.15) is 0 Å². The van der Waals surface area contributed by atoms with Gasteiger partial charge in [0.05, 0.1) is 15.3 Å². The Kier molecular flexibility index (Phi) is 4.81. The van der Waals surface area contributed by atoms with E-state index in [4.69, 9.17) is 16.1 Å². The van der Waals surface area contributed by atoms with Gasteiger partial charge in [-0.25, -0.2) is 0 Å². The Hall–Kier alpha value is -1.37. The summed E-state index contributed by atoms with van der Waals surface area (Å²) in [5, 5.41) is 16.3. The second-order valence-corrected chi connectivity index (χ2v) is 7.29. The quantitative estimate of drug-likeness (QED) is 0.895. The highest BCUT2D eigenvalue weighted by molar-refractivity contribution is 7.19. The summed E-state index contributed by atoms with van der Waals surface area (Å²) in [4.78, 5) is 12.9. The number of thiophene rings is 1. The number of aromatic nitrogens is 1. The average Bonchev–Trinajstić information content (AvgIpc) is 3.13. The largest absolute Gasteiger partial charge is 0.393 e. The summed E-state index contributed by atoms with van der Waals surface area (Å²) >= 11 is 7.26. The molecule has 22 heavy (non-hydrogen) atoms. The SMILES string of the molecule is O=C(NCC1CCCC(O)C1)c1cc(-c2ccc(Cl)s2)on1. The highest BCUT2D eigenvalue weighted by atomic mass is 35.5. The van der Waals surface area contributed by atoms with Crippen LogP contribution in [0.1, 0.15) is 36.2 Å². The van der Waals surface area contributed by atoms with E-state index >= 15 is 0 Å². The molecule has 1 saturated carbocycles. The van der Waals surface area contributed by atoms with Crippen molar-refractivity contribution >= 4 is 28.8 Å². The summed E-state index contributed by atoms with van der Waals surface area (Å²) in [6.45, 7) is 0.558. The van der Waals surface area contributed by atoms with Crippen LogP contribution in [0.15, 0.2) is 22.7 Å². The molecule has 1 amide bonds. The van der Waals surface area contributed by atoms with Crippen LogP contribution in [0.2, 0.25) is 4.34 Å². The number of halogens is 1. The van der Waals surface area contributed by atoms with Crippen molar-refractivity contribution < 1.29 is 14.4 Å². The normalized spacial score (nSPS) is 21.7. The molecular weight excluding hydrogens is 324 g/mol. The maximum atomic E-state index is 12.1. The summed E-state index contributed by atoms with van der Waals surface area (Å²) < 4.78 is 5.86. The summed E-state index contributed by atoms with van der Waals surface area (Å²) in [6, 6.07) is 5.23. The molecule has 2 aromatic rings. The second-order valence-electron chi connectivity index (χ2n) is 5.58. The van der Waals surface area contributed by atoms with Crippen molar-refractivity contribution in [2.75, 3.05) is 6.54 Å². The van der Waals surface area contributed by atoms with E-state index in [9.17, 15) is 9.90 Å². The van der Waals surface area contributed by atoms with E-state index in [1.54, 1.807) is 12.1 Å². The van der Waals surface area contributed by atoms with Crippen LogP contribution < -0.4 is 5.32 Å². The summed E-state index contributed by atoms with van der Waals surface area (Å²) in [5.41, 5.74) is 0.260. The predicted octanol–water partition coefficient (Wildman–Crippen LogP) is 3.34. The van der Waals surface area contributed by atoms with E-state index in [2.05, 4.69) is 10.5 Å². The third kappa shape index (κ3) is 3.69. The standard InChI is InChI=1S/C15H17ClN2O3S/c16-14-5-4-13(22-14)12-7-11(18-21-12)15(20)17-8-9-2-1-3-10(19)6-9/h4-5,7,9-10,19H,1-3,6,8H2,(H,17,20). The number of aliphatic hydroxyl groups excluding tert-OH is 1. The first-order valence-electron chi connectivity index (χ1n) is 7.30. The Balaban J connectivity index is 1.57. The average molecular weight is 341 g/mol. The highest BCUT2D eigenvalue weighted by Gasteiger charge is 2.21. The van der Waals surface area contributed by atoms with Crippen LogP contribution >= 0.6 is 22.9 Å². The third-order valence-corrected chi connectivity index (χ3v) is 5.11. The van der Waals surface area contributed by atoms with Crippen LogP contribution in [0.25, 0.3) is 10.6 Å². The van der Waals surface area contributed by atoms with Crippen LogP contribution in [-0.2, 0) is 0 Å². The number of carbonyl (C=O) groups excluding carboxylic acids is 1. The lowest BCUT2D eigenvalue weighted by Crippen LogP contribution is -2.33. The van der Waals surface area contributed by atoms with E-state index in [0.29, 0.717) is 22.6 Å². The number of aliphatic hydroxyl groups is 1. The van der Waals surface area contributed by atoms with Crippen molar-refractivity contribution in [2.45, 2.75) is 31.8 Å². The lowest BCUT2D eigenvalue weighted by molar-refractivity contribution is 0.0867. The molecule has 2 heterocycles. The number of amides is 1. The van der Waals surface area contributed by atoms with Gasteiger partial charge in [0.2, 0.25) is 0 Å². The van der Waals surface area contributed by atoms with E-state index in [-0.39, 0.29) is 17.7 Å². The van der Waals surface area contributed by atoms with Crippen molar-refractivity contribution in [3.8, 4) is 10.6 Å². The van der Waals surface area contributed by atoms with Crippen LogP contribution in [0, 0.1) is 5.92 Å². The van der Waals surface area contributed by atoms with Crippen molar-refractivity contribution in [3.05, 3.63) is 28.2 Å². The minimum atomic E-state index is -0.252. The highest BCUT2D eigenvalue weighted by Crippen LogP contribution is 2.31. The molecule has 2 unspecified atom stereocenters. The number of rotatable bonds is 4. The zero-order valence-electron chi connectivity index (χ0n) is 11.9. The molecule has 3 rings (SSSR count). The molecular formula is C15H17ClN2O3S. The monoisotopic (exact) mass is 340 g/mol. The van der Waals surface area contributed by atoms with Gasteiger partial charge in [0.1, 0.15) is 0 Å². The smallest absolute Gasteiger partial charge is 0.273 e. The molecule has 0 bridgehead atoms. The molecule has 0 aromatic carbocycles. The summed E-state index contributed by atoms with van der Waals surface area (Å²) in [5.74, 6) is 0.614. The topological polar surface area (TPSA) is 75.4 Å². The van der Waals surface area contributed by atoms with Gasteiger partial charge in [0.15, 0.2) is 11.5 Å². The Labute approximate surface area is 137 Å². The van der Waals surface area contributed by atoms with Crippen LogP contribution in [0.3, 0.4) is 0 Å². The zero-order valence-corrected chi connectivity index (χ0v) is 13.5. The predicted molar refractivity (Wildman–Crippen MR) is 85.1 cm³/mol. The fraction of sp³-hybridized carbons (Fsp3) is 0.467. The number of carbonyl (C=O) groups is 1. The molecule has 2 aromatic heterocycles. The molecule has 7 heteroatoms. The first-order chi connectivity index (χ1) is 10.6.